The van der Waals surface area contributed by atoms with Crippen LogP contribution >= 0.6 is 11.3 Å². The summed E-state index contributed by atoms with van der Waals surface area (Å²) in [5, 5.41) is 4.99. The number of halogens is 3. The van der Waals surface area contributed by atoms with Crippen molar-refractivity contribution in [3.63, 3.8) is 0 Å². The van der Waals surface area contributed by atoms with Gasteiger partial charge in [-0.05, 0) is 32.0 Å². The Morgan fingerprint density at radius 3 is 2.57 bits per heavy atom. The second-order valence-electron chi connectivity index (χ2n) is 7.08. The van der Waals surface area contributed by atoms with E-state index in [4.69, 9.17) is 4.42 Å². The van der Waals surface area contributed by atoms with Crippen LogP contribution in [-0.2, 0) is 6.18 Å². The molecule has 1 fully saturated rings. The number of rotatable bonds is 2. The van der Waals surface area contributed by atoms with Crippen LogP contribution < -0.4 is 15.8 Å². The summed E-state index contributed by atoms with van der Waals surface area (Å²) in [6.07, 6.45) is -4.54. The van der Waals surface area contributed by atoms with E-state index >= 15 is 0 Å². The van der Waals surface area contributed by atoms with Crippen molar-refractivity contribution in [3.05, 3.63) is 45.8 Å². The Kier molecular flexibility index (Phi) is 4.67. The van der Waals surface area contributed by atoms with E-state index in [9.17, 15) is 18.0 Å². The standard InChI is InChI=1S/C19H18F3N3O2S/c1-10-7-25(8-11(2)23-10)13-4-3-12-5-14(18(26)27-15(12)6-13)17-24-16(9-28-17)19(20,21)22/h3-6,9-11,23H,7-8H2,1-2H3/t10-,11+. The molecule has 5 nitrogen and oxygen atoms in total. The zero-order valence-electron chi connectivity index (χ0n) is 15.2. The normalized spacial score (nSPS) is 20.7. The fraction of sp³-hybridized carbons (Fsp3) is 0.368. The van der Waals surface area contributed by atoms with Gasteiger partial charge in [0, 0.05) is 47.7 Å². The van der Waals surface area contributed by atoms with Crippen molar-refractivity contribution >= 4 is 28.0 Å². The third kappa shape index (κ3) is 3.64. The minimum atomic E-state index is -4.54. The van der Waals surface area contributed by atoms with Gasteiger partial charge in [0.1, 0.15) is 10.6 Å². The van der Waals surface area contributed by atoms with Gasteiger partial charge in [-0.25, -0.2) is 9.78 Å². The molecule has 2 atom stereocenters. The molecule has 148 valence electrons. The second kappa shape index (κ2) is 6.89. The molecule has 0 aliphatic carbocycles. The van der Waals surface area contributed by atoms with Gasteiger partial charge < -0.3 is 14.6 Å². The first kappa shape index (κ1) is 18.9. The summed E-state index contributed by atoms with van der Waals surface area (Å²) in [6.45, 7) is 5.88. The minimum absolute atomic E-state index is 0.00296. The van der Waals surface area contributed by atoms with Crippen LogP contribution in [0.4, 0.5) is 18.9 Å². The van der Waals surface area contributed by atoms with Gasteiger partial charge >= 0.3 is 11.8 Å². The summed E-state index contributed by atoms with van der Waals surface area (Å²) < 4.78 is 43.8. The molecule has 0 bridgehead atoms. The maximum absolute atomic E-state index is 12.8. The van der Waals surface area contributed by atoms with Gasteiger partial charge in [-0.15, -0.1) is 11.3 Å². The highest BCUT2D eigenvalue weighted by Crippen LogP contribution is 2.33. The van der Waals surface area contributed by atoms with E-state index in [-0.39, 0.29) is 10.6 Å². The molecular weight excluding hydrogens is 391 g/mol. The molecule has 4 rings (SSSR count). The van der Waals surface area contributed by atoms with Crippen LogP contribution in [0.2, 0.25) is 0 Å². The lowest BCUT2D eigenvalue weighted by atomic mass is 10.1. The first-order chi connectivity index (χ1) is 13.2. The molecule has 1 aromatic carbocycles. The van der Waals surface area contributed by atoms with Crippen LogP contribution in [0.1, 0.15) is 19.5 Å². The highest BCUT2D eigenvalue weighted by Gasteiger charge is 2.34. The number of nitrogens with one attached hydrogen (secondary N) is 1. The predicted octanol–water partition coefficient (Wildman–Crippen LogP) is 4.12. The number of piperazine rings is 1. The quantitative estimate of drug-likeness (QED) is 0.646. The van der Waals surface area contributed by atoms with E-state index in [0.717, 1.165) is 35.5 Å². The summed E-state index contributed by atoms with van der Waals surface area (Å²) in [5.41, 5.74) is -0.334. The van der Waals surface area contributed by atoms with E-state index in [1.54, 1.807) is 6.07 Å². The van der Waals surface area contributed by atoms with Gasteiger partial charge in [0.25, 0.3) is 0 Å². The maximum Gasteiger partial charge on any atom is 0.434 e. The van der Waals surface area contributed by atoms with Crippen LogP contribution in [-0.4, -0.2) is 30.2 Å². The molecular formula is C19H18F3N3O2S. The first-order valence-corrected chi connectivity index (χ1v) is 9.70. The highest BCUT2D eigenvalue weighted by atomic mass is 32.1. The number of benzene rings is 1. The molecule has 0 radical (unpaired) electrons. The number of hydrogen-bond acceptors (Lipinski definition) is 6. The van der Waals surface area contributed by atoms with Crippen LogP contribution in [0.5, 0.6) is 0 Å². The number of alkyl halides is 3. The van der Waals surface area contributed by atoms with E-state index in [0.29, 0.717) is 23.1 Å². The van der Waals surface area contributed by atoms with Gasteiger partial charge in [-0.3, -0.25) is 0 Å². The Bertz CT molecular complexity index is 1070. The van der Waals surface area contributed by atoms with Crippen molar-refractivity contribution in [2.75, 3.05) is 18.0 Å². The molecule has 3 heterocycles. The monoisotopic (exact) mass is 409 g/mol. The summed E-state index contributed by atoms with van der Waals surface area (Å²) in [7, 11) is 0. The van der Waals surface area contributed by atoms with Gasteiger partial charge in [0.2, 0.25) is 0 Å². The Morgan fingerprint density at radius 2 is 1.93 bits per heavy atom. The zero-order chi connectivity index (χ0) is 20.1. The van der Waals surface area contributed by atoms with Gasteiger partial charge in [-0.2, -0.15) is 13.2 Å². The predicted molar refractivity (Wildman–Crippen MR) is 103 cm³/mol. The van der Waals surface area contributed by atoms with Crippen LogP contribution in [0.25, 0.3) is 21.5 Å². The Morgan fingerprint density at radius 1 is 1.21 bits per heavy atom. The van der Waals surface area contributed by atoms with E-state index in [2.05, 4.69) is 29.0 Å². The lowest BCUT2D eigenvalue weighted by molar-refractivity contribution is -0.140. The average molecular weight is 409 g/mol. The molecule has 0 spiro atoms. The average Bonchev–Trinajstić information content (AvgIpc) is 3.10. The summed E-state index contributed by atoms with van der Waals surface area (Å²) >= 11 is 0.772. The van der Waals surface area contributed by atoms with E-state index in [1.807, 2.05) is 12.1 Å². The largest absolute Gasteiger partial charge is 0.434 e. The molecule has 3 aromatic rings. The van der Waals surface area contributed by atoms with Crippen molar-refractivity contribution < 1.29 is 17.6 Å². The Labute approximate surface area is 162 Å². The van der Waals surface area contributed by atoms with Crippen molar-refractivity contribution in [2.24, 2.45) is 0 Å². The summed E-state index contributed by atoms with van der Waals surface area (Å²) in [5.74, 6) is 0. The lowest BCUT2D eigenvalue weighted by Crippen LogP contribution is -2.54. The molecule has 28 heavy (non-hydrogen) atoms. The molecule has 1 N–H and O–H groups in total. The Balaban J connectivity index is 1.70. The molecule has 1 saturated heterocycles. The fourth-order valence-corrected chi connectivity index (χ4v) is 4.34. The second-order valence-corrected chi connectivity index (χ2v) is 7.94. The zero-order valence-corrected chi connectivity index (χ0v) is 16.0. The summed E-state index contributed by atoms with van der Waals surface area (Å²) in [4.78, 5) is 18.1. The SMILES string of the molecule is C[C@@H]1CN(c2ccc3cc(-c4nc(C(F)(F)F)cs4)c(=O)oc3c2)C[C@H](C)N1. The lowest BCUT2D eigenvalue weighted by Gasteiger charge is -2.37. The van der Waals surface area contributed by atoms with Gasteiger partial charge in [-0.1, -0.05) is 0 Å². The first-order valence-electron chi connectivity index (χ1n) is 8.83. The van der Waals surface area contributed by atoms with Crippen molar-refractivity contribution in [1.29, 1.82) is 0 Å². The van der Waals surface area contributed by atoms with Crippen LogP contribution in [0, 0.1) is 0 Å². The number of anilines is 1. The van der Waals surface area contributed by atoms with E-state index < -0.39 is 17.5 Å². The molecule has 1 aliphatic rings. The minimum Gasteiger partial charge on any atom is -0.422 e. The molecule has 2 aromatic heterocycles. The van der Waals surface area contributed by atoms with Crippen molar-refractivity contribution in [1.82, 2.24) is 10.3 Å². The number of nitrogens with zero attached hydrogens (tertiary/aromatic N) is 2. The summed E-state index contributed by atoms with van der Waals surface area (Å²) in [6, 6.07) is 7.75. The number of hydrogen-bond donors (Lipinski definition) is 1. The smallest absolute Gasteiger partial charge is 0.422 e. The number of fused-ring (bicyclic) bond motifs is 1. The van der Waals surface area contributed by atoms with Crippen molar-refractivity contribution in [2.45, 2.75) is 32.1 Å². The number of aromatic nitrogens is 1. The molecule has 0 amide bonds. The van der Waals surface area contributed by atoms with Gasteiger partial charge in [0.15, 0.2) is 5.69 Å². The molecule has 0 unspecified atom stereocenters. The topological polar surface area (TPSA) is 58.4 Å². The Hall–Kier alpha value is -2.39. The molecule has 9 heteroatoms. The van der Waals surface area contributed by atoms with Crippen molar-refractivity contribution in [3.8, 4) is 10.6 Å². The van der Waals surface area contributed by atoms with Crippen LogP contribution in [0.15, 0.2) is 38.9 Å². The van der Waals surface area contributed by atoms with E-state index in [1.165, 1.54) is 6.07 Å². The fourth-order valence-electron chi connectivity index (χ4n) is 3.51. The van der Waals surface area contributed by atoms with Gasteiger partial charge in [0.05, 0.1) is 5.56 Å². The molecule has 0 saturated carbocycles. The number of thiazole rings is 1. The highest BCUT2D eigenvalue weighted by molar-refractivity contribution is 7.13. The third-order valence-electron chi connectivity index (χ3n) is 4.67. The maximum atomic E-state index is 12.8. The van der Waals surface area contributed by atoms with Crippen LogP contribution in [0.3, 0.4) is 0 Å². The molecule has 1 aliphatic heterocycles. The third-order valence-corrected chi connectivity index (χ3v) is 5.54.